The van der Waals surface area contributed by atoms with Crippen LogP contribution in [0, 0.1) is 17.2 Å². The second-order valence-corrected chi connectivity index (χ2v) is 4.28. The molecular weight excluding hydrogens is 214 g/mol. The number of nitrogens with zero attached hydrogens (tertiary/aromatic N) is 2. The van der Waals surface area contributed by atoms with Crippen LogP contribution in [0.15, 0.2) is 18.3 Å². The lowest BCUT2D eigenvalue weighted by Gasteiger charge is -2.20. The molecule has 0 saturated heterocycles. The van der Waals surface area contributed by atoms with Crippen molar-refractivity contribution in [3.05, 3.63) is 23.9 Å². The molecule has 0 amide bonds. The van der Waals surface area contributed by atoms with E-state index in [9.17, 15) is 0 Å². The zero-order chi connectivity index (χ0) is 12.7. The first kappa shape index (κ1) is 13.5. The minimum absolute atomic E-state index is 0.186. The molecule has 0 fully saturated rings. The van der Waals surface area contributed by atoms with Gasteiger partial charge in [0.25, 0.3) is 0 Å². The summed E-state index contributed by atoms with van der Waals surface area (Å²) in [7, 11) is 0. The van der Waals surface area contributed by atoms with Crippen LogP contribution in [0.4, 0.5) is 5.82 Å². The van der Waals surface area contributed by atoms with Gasteiger partial charge in [-0.25, -0.2) is 4.98 Å². The Labute approximate surface area is 102 Å². The van der Waals surface area contributed by atoms with Gasteiger partial charge in [-0.2, -0.15) is 5.26 Å². The molecule has 2 N–H and O–H groups in total. The highest BCUT2D eigenvalue weighted by Gasteiger charge is 2.13. The minimum atomic E-state index is 0.186. The molecule has 92 valence electrons. The Bertz CT molecular complexity index is 386. The van der Waals surface area contributed by atoms with Crippen molar-refractivity contribution in [2.24, 2.45) is 5.92 Å². The second-order valence-electron chi connectivity index (χ2n) is 4.28. The molecule has 1 rings (SSSR count). The Hall–Kier alpha value is -1.60. The van der Waals surface area contributed by atoms with E-state index < -0.39 is 0 Å². The van der Waals surface area contributed by atoms with Crippen molar-refractivity contribution in [1.82, 2.24) is 4.98 Å². The van der Waals surface area contributed by atoms with E-state index in [0.29, 0.717) is 11.4 Å². The molecule has 4 heteroatoms. The number of rotatable bonds is 6. The van der Waals surface area contributed by atoms with Gasteiger partial charge in [-0.15, -0.1) is 0 Å². The molecule has 0 aliphatic heterocycles. The number of nitriles is 1. The van der Waals surface area contributed by atoms with Crippen LogP contribution in [-0.4, -0.2) is 22.7 Å². The molecule has 0 spiro atoms. The number of pyridine rings is 1. The highest BCUT2D eigenvalue weighted by Crippen LogP contribution is 2.16. The summed E-state index contributed by atoms with van der Waals surface area (Å²) in [4.78, 5) is 4.17. The van der Waals surface area contributed by atoms with E-state index in [1.807, 2.05) is 6.92 Å². The Morgan fingerprint density at radius 1 is 1.59 bits per heavy atom. The standard InChI is InChI=1S/C13H19N3O/c1-3-12(7-10(2)9-17)16-13-11(8-14)5-4-6-15-13/h4-6,10,12,17H,3,7,9H2,1-2H3,(H,15,16)/t10-,12-/m0/s1. The van der Waals surface area contributed by atoms with Gasteiger partial charge in [-0.1, -0.05) is 13.8 Å². The number of hydrogen-bond donors (Lipinski definition) is 2. The molecule has 0 aliphatic rings. The highest BCUT2D eigenvalue weighted by molar-refractivity contribution is 5.51. The number of hydrogen-bond acceptors (Lipinski definition) is 4. The third-order valence-corrected chi connectivity index (χ3v) is 2.76. The maximum atomic E-state index is 9.05. The topological polar surface area (TPSA) is 68.9 Å². The molecule has 4 nitrogen and oxygen atoms in total. The largest absolute Gasteiger partial charge is 0.396 e. The summed E-state index contributed by atoms with van der Waals surface area (Å²) in [6, 6.07) is 5.85. The molecule has 1 aromatic rings. The summed E-state index contributed by atoms with van der Waals surface area (Å²) in [5, 5.41) is 21.3. The van der Waals surface area contributed by atoms with Crippen molar-refractivity contribution in [3.63, 3.8) is 0 Å². The third-order valence-electron chi connectivity index (χ3n) is 2.76. The van der Waals surface area contributed by atoms with Crippen molar-refractivity contribution in [3.8, 4) is 6.07 Å². The number of aliphatic hydroxyl groups is 1. The number of nitrogens with one attached hydrogen (secondary N) is 1. The van der Waals surface area contributed by atoms with Gasteiger partial charge in [0.15, 0.2) is 0 Å². The van der Waals surface area contributed by atoms with Crippen LogP contribution in [-0.2, 0) is 0 Å². The highest BCUT2D eigenvalue weighted by atomic mass is 16.3. The fourth-order valence-electron chi connectivity index (χ4n) is 1.69. The fraction of sp³-hybridized carbons (Fsp3) is 0.538. The van der Waals surface area contributed by atoms with E-state index in [1.54, 1.807) is 18.3 Å². The molecule has 0 unspecified atom stereocenters. The maximum Gasteiger partial charge on any atom is 0.144 e. The van der Waals surface area contributed by atoms with Crippen LogP contribution < -0.4 is 5.32 Å². The lowest BCUT2D eigenvalue weighted by atomic mass is 10.0. The summed E-state index contributed by atoms with van der Waals surface area (Å²) in [5.74, 6) is 0.883. The average molecular weight is 233 g/mol. The first-order chi connectivity index (χ1) is 8.21. The molecule has 0 aliphatic carbocycles. The lowest BCUT2D eigenvalue weighted by Crippen LogP contribution is -2.23. The van der Waals surface area contributed by atoms with E-state index in [4.69, 9.17) is 10.4 Å². The molecule has 2 atom stereocenters. The van der Waals surface area contributed by atoms with Gasteiger partial charge in [0, 0.05) is 18.8 Å². The van der Waals surface area contributed by atoms with Crippen molar-refractivity contribution in [2.45, 2.75) is 32.7 Å². The van der Waals surface area contributed by atoms with Crippen molar-refractivity contribution in [1.29, 1.82) is 5.26 Å². The summed E-state index contributed by atoms with van der Waals surface area (Å²) >= 11 is 0. The summed E-state index contributed by atoms with van der Waals surface area (Å²) in [6.45, 7) is 4.27. The van der Waals surface area contributed by atoms with Gasteiger partial charge in [0.1, 0.15) is 11.9 Å². The maximum absolute atomic E-state index is 9.05. The zero-order valence-electron chi connectivity index (χ0n) is 10.3. The molecule has 0 bridgehead atoms. The van der Waals surface area contributed by atoms with E-state index in [0.717, 1.165) is 12.8 Å². The molecule has 17 heavy (non-hydrogen) atoms. The average Bonchev–Trinajstić information content (AvgIpc) is 2.38. The van der Waals surface area contributed by atoms with Crippen LogP contribution in [0.5, 0.6) is 0 Å². The summed E-state index contributed by atoms with van der Waals surface area (Å²) < 4.78 is 0. The second kappa shape index (κ2) is 6.87. The Morgan fingerprint density at radius 2 is 2.35 bits per heavy atom. The predicted octanol–water partition coefficient (Wildman–Crippen LogP) is 2.16. The molecule has 0 aromatic carbocycles. The lowest BCUT2D eigenvalue weighted by molar-refractivity contribution is 0.224. The van der Waals surface area contributed by atoms with E-state index in [1.165, 1.54) is 0 Å². The van der Waals surface area contributed by atoms with Crippen molar-refractivity contribution >= 4 is 5.82 Å². The number of aliphatic hydroxyl groups excluding tert-OH is 1. The molecule has 1 aromatic heterocycles. The van der Waals surface area contributed by atoms with Crippen LogP contribution in [0.2, 0.25) is 0 Å². The fourth-order valence-corrected chi connectivity index (χ4v) is 1.69. The van der Waals surface area contributed by atoms with Crippen LogP contribution in [0.3, 0.4) is 0 Å². The van der Waals surface area contributed by atoms with Gasteiger partial charge in [-0.3, -0.25) is 0 Å². The van der Waals surface area contributed by atoms with Crippen LogP contribution in [0.1, 0.15) is 32.3 Å². The van der Waals surface area contributed by atoms with Crippen LogP contribution >= 0.6 is 0 Å². The van der Waals surface area contributed by atoms with E-state index >= 15 is 0 Å². The van der Waals surface area contributed by atoms with Gasteiger partial charge in [0.05, 0.1) is 5.56 Å². The molecule has 1 heterocycles. The SMILES string of the molecule is CC[C@@H](C[C@H](C)CO)Nc1ncccc1C#N. The van der Waals surface area contributed by atoms with Gasteiger partial charge >= 0.3 is 0 Å². The normalized spacial score (nSPS) is 13.8. The first-order valence-electron chi connectivity index (χ1n) is 5.93. The molecular formula is C13H19N3O. The van der Waals surface area contributed by atoms with Crippen LogP contribution in [0.25, 0.3) is 0 Å². The minimum Gasteiger partial charge on any atom is -0.396 e. The van der Waals surface area contributed by atoms with E-state index in [2.05, 4.69) is 23.3 Å². The predicted molar refractivity (Wildman–Crippen MR) is 67.5 cm³/mol. The zero-order valence-corrected chi connectivity index (χ0v) is 10.3. The van der Waals surface area contributed by atoms with Crippen molar-refractivity contribution < 1.29 is 5.11 Å². The Balaban J connectivity index is 2.71. The third kappa shape index (κ3) is 4.04. The quantitative estimate of drug-likeness (QED) is 0.790. The smallest absolute Gasteiger partial charge is 0.144 e. The van der Waals surface area contributed by atoms with Gasteiger partial charge in [-0.05, 0) is 30.9 Å². The van der Waals surface area contributed by atoms with Gasteiger partial charge in [0.2, 0.25) is 0 Å². The number of anilines is 1. The Kier molecular flexibility index (Phi) is 5.44. The summed E-state index contributed by atoms with van der Waals surface area (Å²) in [6.07, 6.45) is 3.48. The Morgan fingerprint density at radius 3 is 2.94 bits per heavy atom. The summed E-state index contributed by atoms with van der Waals surface area (Å²) in [5.41, 5.74) is 0.558. The van der Waals surface area contributed by atoms with Crippen molar-refractivity contribution in [2.75, 3.05) is 11.9 Å². The molecule has 0 saturated carbocycles. The molecule has 0 radical (unpaired) electrons. The number of aromatic nitrogens is 1. The first-order valence-corrected chi connectivity index (χ1v) is 5.93. The van der Waals surface area contributed by atoms with E-state index in [-0.39, 0.29) is 18.6 Å². The monoisotopic (exact) mass is 233 g/mol. The van der Waals surface area contributed by atoms with Gasteiger partial charge < -0.3 is 10.4 Å².